The number of rotatable bonds is 10. The maximum atomic E-state index is 13.9. The van der Waals surface area contributed by atoms with Crippen molar-refractivity contribution < 1.29 is 28.7 Å². The third kappa shape index (κ3) is 7.13. The number of aromatic nitrogens is 5. The van der Waals surface area contributed by atoms with Crippen LogP contribution in [0.15, 0.2) is 97.3 Å². The predicted octanol–water partition coefficient (Wildman–Crippen LogP) is 6.31. The van der Waals surface area contributed by atoms with Crippen molar-refractivity contribution in [3.63, 3.8) is 0 Å². The molecule has 5 N–H and O–H groups in total. The average molecular weight is 774 g/mol. The normalized spacial score (nSPS) is 17.5. The number of methoxy groups -OCH3 is 2. The molecule has 56 heavy (non-hydrogen) atoms. The lowest BCUT2D eigenvalue weighted by Gasteiger charge is -2.28. The Balaban J connectivity index is 0.972. The molecule has 4 aromatic heterocycles. The Hall–Kier alpha value is -6.68. The number of carbonyl (C=O) groups excluding carboxylic acids is 4. The molecule has 2 aromatic carbocycles. The number of nitrogens with zero attached hydrogens (tertiary/aromatic N) is 4. The van der Waals surface area contributed by atoms with Crippen LogP contribution in [0, 0.1) is 0 Å². The molecule has 286 valence electrons. The molecule has 16 heteroatoms. The smallest absolute Gasteiger partial charge is 0.407 e. The summed E-state index contributed by atoms with van der Waals surface area (Å²) in [6, 6.07) is 19.7. The Kier molecular flexibility index (Phi) is 10.1. The van der Waals surface area contributed by atoms with Crippen molar-refractivity contribution in [1.29, 1.82) is 0 Å². The Bertz CT molecular complexity index is 2370. The fourth-order valence-electron chi connectivity index (χ4n) is 7.31. The Labute approximate surface area is 325 Å². The Morgan fingerprint density at radius 1 is 0.768 bits per heavy atom. The average Bonchev–Trinajstić information content (AvgIpc) is 4.08. The van der Waals surface area contributed by atoms with Gasteiger partial charge in [0.05, 0.1) is 64.8 Å². The molecule has 4 atom stereocenters. The zero-order valence-corrected chi connectivity index (χ0v) is 31.3. The summed E-state index contributed by atoms with van der Waals surface area (Å²) in [5.41, 5.74) is 4.67. The van der Waals surface area contributed by atoms with E-state index in [0.29, 0.717) is 35.9 Å². The van der Waals surface area contributed by atoms with E-state index in [-0.39, 0.29) is 17.9 Å². The molecule has 2 aliphatic rings. The fraction of sp³-hybridized carbons (Fsp3) is 0.250. The minimum atomic E-state index is -0.933. The first-order valence-electron chi connectivity index (χ1n) is 18.1. The van der Waals surface area contributed by atoms with Gasteiger partial charge in [-0.2, -0.15) is 0 Å². The van der Waals surface area contributed by atoms with E-state index in [0.717, 1.165) is 45.0 Å². The monoisotopic (exact) mass is 773 g/mol. The van der Waals surface area contributed by atoms with Crippen molar-refractivity contribution in [3.05, 3.63) is 120 Å². The van der Waals surface area contributed by atoms with E-state index in [1.165, 1.54) is 14.2 Å². The lowest BCUT2D eigenvalue weighted by Crippen LogP contribution is -2.43. The highest BCUT2D eigenvalue weighted by Crippen LogP contribution is 2.38. The minimum Gasteiger partial charge on any atom is -0.453 e. The van der Waals surface area contributed by atoms with Crippen LogP contribution in [-0.2, 0) is 19.1 Å². The first kappa shape index (κ1) is 36.3. The van der Waals surface area contributed by atoms with Gasteiger partial charge in [0.25, 0.3) is 11.8 Å². The van der Waals surface area contributed by atoms with Crippen LogP contribution in [-0.4, -0.2) is 86.0 Å². The van der Waals surface area contributed by atoms with Crippen LogP contribution in [0.4, 0.5) is 9.59 Å². The predicted molar refractivity (Wildman–Crippen MR) is 208 cm³/mol. The summed E-state index contributed by atoms with van der Waals surface area (Å²) in [5.74, 6) is 0.758. The molecular weight excluding hydrogens is 735 g/mol. The molecule has 15 nitrogen and oxygen atoms in total. The molecule has 0 saturated carbocycles. The number of thiophene rings is 1. The highest BCUT2D eigenvalue weighted by atomic mass is 32.1. The van der Waals surface area contributed by atoms with Crippen molar-refractivity contribution >= 4 is 45.6 Å². The van der Waals surface area contributed by atoms with Crippen LogP contribution in [0.1, 0.15) is 59.8 Å². The van der Waals surface area contributed by atoms with Gasteiger partial charge in [0.1, 0.15) is 29.8 Å². The zero-order chi connectivity index (χ0) is 38.8. The van der Waals surface area contributed by atoms with Gasteiger partial charge in [-0.1, -0.05) is 72.8 Å². The van der Waals surface area contributed by atoms with Gasteiger partial charge in [0.15, 0.2) is 0 Å². The number of benzene rings is 2. The first-order chi connectivity index (χ1) is 27.3. The number of hydrogen-bond donors (Lipinski definition) is 5. The number of ether oxygens (including phenoxy) is 2. The molecule has 1 fully saturated rings. The van der Waals surface area contributed by atoms with Gasteiger partial charge in [0, 0.05) is 13.1 Å². The number of fused-ring (bicyclic) bond motifs is 1. The highest BCUT2D eigenvalue weighted by molar-refractivity contribution is 7.22. The van der Waals surface area contributed by atoms with Crippen molar-refractivity contribution in [2.75, 3.05) is 27.3 Å². The molecule has 2 unspecified atom stereocenters. The van der Waals surface area contributed by atoms with Crippen LogP contribution in [0.25, 0.3) is 32.2 Å². The molecule has 2 aliphatic heterocycles. The molecule has 0 radical (unpaired) electrons. The van der Waals surface area contributed by atoms with Gasteiger partial charge >= 0.3 is 12.2 Å². The van der Waals surface area contributed by atoms with E-state index in [2.05, 4.69) is 36.6 Å². The number of aromatic amines is 3. The summed E-state index contributed by atoms with van der Waals surface area (Å²) in [7, 11) is 2.54. The van der Waals surface area contributed by atoms with E-state index in [1.54, 1.807) is 45.7 Å². The highest BCUT2D eigenvalue weighted by Gasteiger charge is 2.38. The van der Waals surface area contributed by atoms with E-state index >= 15 is 0 Å². The number of H-pyrrole nitrogens is 3. The number of carbonyl (C=O) groups is 4. The standard InChI is InChI=1S/C40H39N9O6S/c1-54-39(52)46-33(23-11-5-3-6-12-23)37(50)48-17-9-15-29(48)35-41-21-27(44-35)25-19-31-26(43-25)20-32(56-31)28-22-42-36(45-28)30-16-10-18-49(30)38(51)34(47-40(53)55-2)24-13-7-4-8-14-24/h3-9,11-15,19-22,29-30,33-34,43H,10,16-18H2,1-2H3,(H,41,44)(H,42,45)(H,46,52)(H,47,53)/t29?,30?,33-,34+/m0/s1. The van der Waals surface area contributed by atoms with Crippen LogP contribution < -0.4 is 10.6 Å². The third-order valence-corrected chi connectivity index (χ3v) is 11.2. The fourth-order valence-corrected chi connectivity index (χ4v) is 8.33. The van der Waals surface area contributed by atoms with Crippen LogP contribution in [0.5, 0.6) is 0 Å². The second kappa shape index (κ2) is 15.6. The maximum Gasteiger partial charge on any atom is 0.407 e. The molecular formula is C40H39N9O6S. The molecule has 1 saturated heterocycles. The van der Waals surface area contributed by atoms with Gasteiger partial charge in [-0.25, -0.2) is 19.6 Å². The quantitative estimate of drug-likeness (QED) is 0.100. The molecule has 0 aliphatic carbocycles. The first-order valence-corrected chi connectivity index (χ1v) is 18.9. The van der Waals surface area contributed by atoms with Crippen LogP contribution in [0.3, 0.4) is 0 Å². The number of amides is 4. The van der Waals surface area contributed by atoms with Gasteiger partial charge in [-0.3, -0.25) is 9.59 Å². The zero-order valence-electron chi connectivity index (χ0n) is 30.5. The molecule has 6 aromatic rings. The maximum absolute atomic E-state index is 13.9. The third-order valence-electron chi connectivity index (χ3n) is 10.1. The largest absolute Gasteiger partial charge is 0.453 e. The van der Waals surface area contributed by atoms with Crippen LogP contribution in [0.2, 0.25) is 0 Å². The summed E-state index contributed by atoms with van der Waals surface area (Å²) < 4.78 is 10.7. The van der Waals surface area contributed by atoms with E-state index in [9.17, 15) is 19.2 Å². The lowest BCUT2D eigenvalue weighted by molar-refractivity contribution is -0.135. The van der Waals surface area contributed by atoms with Gasteiger partial charge < -0.3 is 44.9 Å². The van der Waals surface area contributed by atoms with Crippen molar-refractivity contribution in [2.24, 2.45) is 0 Å². The summed E-state index contributed by atoms with van der Waals surface area (Å²) in [5, 5.41) is 5.38. The molecule has 0 spiro atoms. The topological polar surface area (TPSA) is 190 Å². The molecule has 4 amide bonds. The lowest BCUT2D eigenvalue weighted by atomic mass is 10.1. The summed E-state index contributed by atoms with van der Waals surface area (Å²) in [6.45, 7) is 0.899. The Morgan fingerprint density at radius 3 is 2.02 bits per heavy atom. The second-order valence-corrected chi connectivity index (χ2v) is 14.5. The van der Waals surface area contributed by atoms with Gasteiger partial charge in [-0.15, -0.1) is 11.3 Å². The van der Waals surface area contributed by atoms with Gasteiger partial charge in [-0.05, 0) is 36.1 Å². The van der Waals surface area contributed by atoms with E-state index in [1.807, 2.05) is 66.7 Å². The van der Waals surface area contributed by atoms with E-state index < -0.39 is 30.3 Å². The second-order valence-electron chi connectivity index (χ2n) is 13.4. The van der Waals surface area contributed by atoms with Crippen molar-refractivity contribution in [1.82, 2.24) is 45.4 Å². The minimum absolute atomic E-state index is 0.226. The molecule has 0 bridgehead atoms. The number of likely N-dealkylation sites (tertiary alicyclic amines) is 1. The summed E-state index contributed by atoms with van der Waals surface area (Å²) in [6.07, 6.45) is 7.51. The number of nitrogens with one attached hydrogen (secondary N) is 5. The van der Waals surface area contributed by atoms with Crippen molar-refractivity contribution in [3.8, 4) is 22.0 Å². The van der Waals surface area contributed by atoms with Crippen LogP contribution >= 0.6 is 11.3 Å². The SMILES string of the molecule is COC(=O)N[C@H](C(=O)N1CC=CC1c1ncc(-c2cc3sc(-c4cnc(C5CCCN5C(=O)[C@H](NC(=O)OC)c5ccccc5)[nH]4)cc3[nH]2)[nH]1)c1ccccc1. The molecule has 6 heterocycles. The number of imidazole rings is 2. The number of hydrogen-bond acceptors (Lipinski definition) is 9. The molecule has 8 rings (SSSR count). The van der Waals surface area contributed by atoms with E-state index in [4.69, 9.17) is 14.5 Å². The number of alkyl carbamates (subject to hydrolysis) is 2. The Morgan fingerprint density at radius 2 is 1.38 bits per heavy atom. The summed E-state index contributed by atoms with van der Waals surface area (Å²) in [4.78, 5) is 76.3. The van der Waals surface area contributed by atoms with Gasteiger partial charge in [0.2, 0.25) is 0 Å². The summed E-state index contributed by atoms with van der Waals surface area (Å²) >= 11 is 1.60. The van der Waals surface area contributed by atoms with Crippen molar-refractivity contribution in [2.45, 2.75) is 37.0 Å².